The molecule has 6 aromatic rings. The van der Waals surface area contributed by atoms with Crippen molar-refractivity contribution >= 4 is 55.1 Å². The van der Waals surface area contributed by atoms with Crippen LogP contribution in [0.5, 0.6) is 5.88 Å². The molecule has 6 aromatic heterocycles. The molecule has 9 rings (SSSR count). The fourth-order valence-electron chi connectivity index (χ4n) is 8.44. The summed E-state index contributed by atoms with van der Waals surface area (Å²) in [5, 5.41) is -0.688. The van der Waals surface area contributed by atoms with Crippen molar-refractivity contribution in [2.75, 3.05) is 27.9 Å². The molecule has 3 fully saturated rings. The van der Waals surface area contributed by atoms with Crippen LogP contribution in [0.3, 0.4) is 0 Å². The van der Waals surface area contributed by atoms with Gasteiger partial charge in [0, 0.05) is 53.8 Å². The van der Waals surface area contributed by atoms with Crippen LogP contribution in [-0.2, 0) is 20.0 Å². The molecule has 70 heavy (non-hydrogen) atoms. The Morgan fingerprint density at radius 3 is 1.43 bits per heavy atom. The molecule has 8 heterocycles. The molecule has 1 saturated carbocycles. The molecule has 366 valence electrons. The number of anilines is 4. The highest BCUT2D eigenvalue weighted by atomic mass is 32.2. The van der Waals surface area contributed by atoms with E-state index in [0.717, 1.165) is 31.2 Å². The van der Waals surface area contributed by atoms with Gasteiger partial charge in [-0.3, -0.25) is 9.59 Å². The number of rotatable bonds is 13. The first-order chi connectivity index (χ1) is 33.4. The molecule has 2 saturated heterocycles. The molecular formula is C48H53FN12O7S2. The smallest absolute Gasteiger partial charge is 0.281 e. The van der Waals surface area contributed by atoms with Gasteiger partial charge in [0.05, 0.1) is 29.1 Å². The Kier molecular flexibility index (Phi) is 14.3. The number of nitrogen functional groups attached to an aromatic ring is 2. The summed E-state index contributed by atoms with van der Waals surface area (Å²) in [6.07, 6.45) is 9.14. The number of carbonyl (C=O) groups is 2. The lowest BCUT2D eigenvalue weighted by Gasteiger charge is -2.29. The monoisotopic (exact) mass is 992 g/mol. The lowest BCUT2D eigenvalue weighted by atomic mass is 10.1. The van der Waals surface area contributed by atoms with Gasteiger partial charge in [0.2, 0.25) is 11.8 Å². The summed E-state index contributed by atoms with van der Waals surface area (Å²) < 4.78 is 74.3. The molecule has 0 unspecified atom stereocenters. The van der Waals surface area contributed by atoms with Crippen LogP contribution < -0.4 is 35.4 Å². The molecule has 3 aliphatic rings. The van der Waals surface area contributed by atoms with Crippen molar-refractivity contribution in [3.05, 3.63) is 114 Å². The number of nitrogens with one attached hydrogen (secondary N) is 2. The SMILES string of the molecule is C[C@@H]1CC[C@H](C)N1c1nc(-c2ccc(F)nc2)ccc1C(=O)NS(=O)(=O)c1cccc(N)n1.C[C@@H]1CC[C@H](C)N1c1nc(-c2ccc(OCC3CC3)nc2)ccc1C(=O)NS(=O)(=O)c1cccc(N)n1. The van der Waals surface area contributed by atoms with Crippen molar-refractivity contribution in [2.24, 2.45) is 5.92 Å². The van der Waals surface area contributed by atoms with Gasteiger partial charge >= 0.3 is 0 Å². The first kappa shape index (κ1) is 49.1. The third kappa shape index (κ3) is 11.2. The number of amides is 2. The summed E-state index contributed by atoms with van der Waals surface area (Å²) in [4.78, 5) is 55.7. The number of pyridine rings is 6. The number of hydrogen-bond acceptors (Lipinski definition) is 17. The lowest BCUT2D eigenvalue weighted by molar-refractivity contribution is 0.0972. The van der Waals surface area contributed by atoms with E-state index in [9.17, 15) is 30.8 Å². The number of sulfonamides is 2. The Balaban J connectivity index is 0.000000190. The van der Waals surface area contributed by atoms with E-state index in [4.69, 9.17) is 21.2 Å². The summed E-state index contributed by atoms with van der Waals surface area (Å²) in [7, 11) is -8.49. The minimum atomic E-state index is -4.25. The normalized spacial score (nSPS) is 19.0. The molecule has 0 bridgehead atoms. The van der Waals surface area contributed by atoms with Crippen molar-refractivity contribution in [2.45, 2.75) is 100 Å². The first-order valence-corrected chi connectivity index (χ1v) is 25.7. The van der Waals surface area contributed by atoms with Crippen LogP contribution in [0.1, 0.15) is 86.9 Å². The van der Waals surface area contributed by atoms with E-state index in [1.165, 1.54) is 67.6 Å². The van der Waals surface area contributed by atoms with Crippen molar-refractivity contribution in [1.82, 2.24) is 39.3 Å². The number of hydrogen-bond donors (Lipinski definition) is 4. The molecule has 19 nitrogen and oxygen atoms in total. The molecule has 22 heteroatoms. The van der Waals surface area contributed by atoms with E-state index in [0.29, 0.717) is 47.0 Å². The number of carbonyl (C=O) groups excluding carboxylic acids is 2. The Hall–Kier alpha value is -7.33. The van der Waals surface area contributed by atoms with E-state index >= 15 is 0 Å². The highest BCUT2D eigenvalue weighted by Gasteiger charge is 2.35. The molecule has 0 radical (unpaired) electrons. The maximum Gasteiger partial charge on any atom is 0.281 e. The second-order valence-electron chi connectivity index (χ2n) is 17.7. The Morgan fingerprint density at radius 1 is 0.600 bits per heavy atom. The van der Waals surface area contributed by atoms with E-state index in [1.807, 2.05) is 30.9 Å². The van der Waals surface area contributed by atoms with Gasteiger partial charge < -0.3 is 26.0 Å². The third-order valence-corrected chi connectivity index (χ3v) is 14.8. The van der Waals surface area contributed by atoms with Crippen molar-refractivity contribution in [1.29, 1.82) is 0 Å². The molecule has 2 amide bonds. The number of halogens is 1. The van der Waals surface area contributed by atoms with Crippen LogP contribution in [0.4, 0.5) is 27.7 Å². The molecular weight excluding hydrogens is 940 g/mol. The fraction of sp³-hybridized carbons (Fsp3) is 0.333. The zero-order valence-corrected chi connectivity index (χ0v) is 40.5. The Bertz CT molecular complexity index is 3110. The quantitative estimate of drug-likeness (QED) is 0.0943. The van der Waals surface area contributed by atoms with Gasteiger partial charge in [-0.2, -0.15) is 21.2 Å². The number of nitrogens with two attached hydrogens (primary N) is 2. The van der Waals surface area contributed by atoms with Gasteiger partial charge in [-0.15, -0.1) is 0 Å². The third-order valence-electron chi connectivity index (χ3n) is 12.3. The minimum absolute atomic E-state index is 0.0182. The second-order valence-corrected chi connectivity index (χ2v) is 20.9. The molecule has 0 spiro atoms. The zero-order chi connectivity index (χ0) is 49.9. The van der Waals surface area contributed by atoms with Gasteiger partial charge in [0.25, 0.3) is 31.9 Å². The van der Waals surface area contributed by atoms with Crippen molar-refractivity contribution in [3.8, 4) is 28.4 Å². The number of nitrogens with zero attached hydrogens (tertiary/aromatic N) is 8. The van der Waals surface area contributed by atoms with E-state index in [-0.39, 0.29) is 57.0 Å². The molecule has 4 atom stereocenters. The van der Waals surface area contributed by atoms with E-state index in [1.54, 1.807) is 30.5 Å². The highest BCUT2D eigenvalue weighted by Crippen LogP contribution is 2.36. The lowest BCUT2D eigenvalue weighted by Crippen LogP contribution is -2.37. The summed E-state index contributed by atoms with van der Waals surface area (Å²) >= 11 is 0. The van der Waals surface area contributed by atoms with Gasteiger partial charge in [-0.1, -0.05) is 12.1 Å². The van der Waals surface area contributed by atoms with Gasteiger partial charge in [0.1, 0.15) is 23.3 Å². The predicted octanol–water partition coefficient (Wildman–Crippen LogP) is 6.16. The van der Waals surface area contributed by atoms with Gasteiger partial charge in [0.15, 0.2) is 10.1 Å². The van der Waals surface area contributed by atoms with Crippen LogP contribution in [0.25, 0.3) is 22.5 Å². The maximum absolute atomic E-state index is 13.3. The Labute approximate surface area is 405 Å². The topological polar surface area (TPSA) is 272 Å². The average molecular weight is 993 g/mol. The van der Waals surface area contributed by atoms with Crippen LogP contribution in [0.15, 0.2) is 107 Å². The van der Waals surface area contributed by atoms with Gasteiger partial charge in [-0.25, -0.2) is 39.3 Å². The predicted molar refractivity (Wildman–Crippen MR) is 261 cm³/mol. The van der Waals surface area contributed by atoms with Crippen molar-refractivity contribution < 1.29 is 35.6 Å². The van der Waals surface area contributed by atoms with Crippen molar-refractivity contribution in [3.63, 3.8) is 0 Å². The second kappa shape index (κ2) is 20.3. The molecule has 6 N–H and O–H groups in total. The molecule has 2 aliphatic heterocycles. The van der Waals surface area contributed by atoms with Crippen LogP contribution in [0, 0.1) is 11.9 Å². The maximum atomic E-state index is 13.3. The van der Waals surface area contributed by atoms with Crippen LogP contribution in [0.2, 0.25) is 0 Å². The van der Waals surface area contributed by atoms with Gasteiger partial charge in [-0.05, 0) is 139 Å². The molecule has 0 aromatic carbocycles. The minimum Gasteiger partial charge on any atom is -0.477 e. The largest absolute Gasteiger partial charge is 0.477 e. The summed E-state index contributed by atoms with van der Waals surface area (Å²) in [5.41, 5.74) is 13.9. The van der Waals surface area contributed by atoms with Crippen LogP contribution in [-0.4, -0.2) is 89.3 Å². The number of ether oxygens (including phenoxy) is 1. The van der Waals surface area contributed by atoms with E-state index in [2.05, 4.69) is 53.1 Å². The zero-order valence-electron chi connectivity index (χ0n) is 38.9. The summed E-state index contributed by atoms with van der Waals surface area (Å²) in [5.74, 6) is -0.203. The van der Waals surface area contributed by atoms with Crippen LogP contribution >= 0.6 is 0 Å². The first-order valence-electron chi connectivity index (χ1n) is 22.8. The standard InChI is InChI=1S/C26H30N6O4S.C22H23FN6O3S/c1-16-6-7-17(2)32(16)25-20(26(33)31-37(34,35)24-5-3-4-22(27)30-24)11-12-21(29-25)19-10-13-23(28-14-19)36-15-18-8-9-18;1-13-6-7-14(2)29(13)21-16(9-10-17(26-21)15-8-11-18(23)25-12-15)22(30)28-33(31,32)20-5-3-4-19(24)27-20/h3-5,10-14,16-18H,6-9,15H2,1-2H3,(H2,27,30)(H,31,33);3-5,8-14H,6-7H2,1-2H3,(H2,24,27)(H,28,30)/t16-,17+;13-,14+. The fourth-order valence-corrected chi connectivity index (χ4v) is 10.3. The molecule has 1 aliphatic carbocycles. The highest BCUT2D eigenvalue weighted by molar-refractivity contribution is 7.90. The van der Waals surface area contributed by atoms with E-state index < -0.39 is 37.8 Å². The average Bonchev–Trinajstić information content (AvgIpc) is 4.02. The Morgan fingerprint density at radius 2 is 1.04 bits per heavy atom. The summed E-state index contributed by atoms with van der Waals surface area (Å²) in [6, 6.07) is 21.6. The summed E-state index contributed by atoms with van der Waals surface area (Å²) in [6.45, 7) is 8.86. The number of aromatic nitrogens is 6.